The van der Waals surface area contributed by atoms with Crippen molar-refractivity contribution in [3.8, 4) is 0 Å². The molecule has 0 spiro atoms. The zero-order valence-electron chi connectivity index (χ0n) is 31.0. The van der Waals surface area contributed by atoms with E-state index in [1.807, 2.05) is 34.6 Å². The molecule has 1 aliphatic heterocycles. The van der Waals surface area contributed by atoms with Crippen molar-refractivity contribution in [1.82, 2.24) is 0 Å². The van der Waals surface area contributed by atoms with Crippen LogP contribution in [0.4, 0.5) is 0 Å². The summed E-state index contributed by atoms with van der Waals surface area (Å²) in [5.74, 6) is -2.74. The lowest BCUT2D eigenvalue weighted by Crippen LogP contribution is -2.54. The van der Waals surface area contributed by atoms with Crippen molar-refractivity contribution in [3.05, 3.63) is 53.8 Å². The lowest BCUT2D eigenvalue weighted by molar-refractivity contribution is -0.287. The Kier molecular flexibility index (Phi) is 21.3. The smallest absolute Gasteiger partial charge is 0.325 e. The third kappa shape index (κ3) is 17.0. The summed E-state index contributed by atoms with van der Waals surface area (Å²) in [6, 6.07) is 0. The zero-order valence-corrected chi connectivity index (χ0v) is 31.0. The fraction of sp³-hybridized carbons (Fsp3) is 0.757. The second kappa shape index (κ2) is 23.3. The molecule has 0 aromatic carbocycles. The first-order chi connectivity index (χ1) is 23.1. The first kappa shape index (κ1) is 44.8. The van der Waals surface area contributed by atoms with Gasteiger partial charge in [-0.15, -0.1) is 0 Å². The molecule has 1 rings (SSSR count). The van der Waals surface area contributed by atoms with Gasteiger partial charge < -0.3 is 59.7 Å². The molecule has 1 heterocycles. The standard InChI is InChI=1S/C37H65NO11/c1-10-14-27(39)23-31(38)25(6)45-28(13-4)21-22-37(8,43)49-30(16-12-3)18-20-33(41)48-35-26(7)46-36(24(5)34(35)42)47-29(15-11-2)17-19-32(40)44-9/h17-19,21-30,32,34-36,39-43H,10-16,38H2,1-9H3. The molecule has 0 aromatic heterocycles. The summed E-state index contributed by atoms with van der Waals surface area (Å²) in [6.07, 6.45) is 7.49. The first-order valence-electron chi connectivity index (χ1n) is 17.7. The van der Waals surface area contributed by atoms with Crippen molar-refractivity contribution in [1.29, 1.82) is 0 Å². The summed E-state index contributed by atoms with van der Waals surface area (Å²) < 4.78 is 34.7. The molecule has 0 aromatic rings. The third-order valence-corrected chi connectivity index (χ3v) is 8.17. The molecule has 0 aliphatic carbocycles. The molecule has 12 unspecified atom stereocenters. The van der Waals surface area contributed by atoms with E-state index >= 15 is 0 Å². The van der Waals surface area contributed by atoms with Crippen molar-refractivity contribution in [2.75, 3.05) is 7.11 Å². The third-order valence-electron chi connectivity index (χ3n) is 8.17. The number of ether oxygens (including phenoxy) is 6. The number of aliphatic hydroxyl groups is 5. The van der Waals surface area contributed by atoms with E-state index in [9.17, 15) is 25.5 Å². The summed E-state index contributed by atoms with van der Waals surface area (Å²) in [6.45, 7) is 14.7. The maximum atomic E-state index is 11.1. The van der Waals surface area contributed by atoms with Crippen LogP contribution in [-0.4, -0.2) is 99.8 Å². The Bertz CT molecular complexity index is 1070. The van der Waals surface area contributed by atoms with Gasteiger partial charge in [-0.2, -0.15) is 0 Å². The molecule has 0 radical (unpaired) electrons. The highest BCUT2D eigenvalue weighted by Crippen LogP contribution is 2.31. The summed E-state index contributed by atoms with van der Waals surface area (Å²) in [5, 5.41) is 52.5. The van der Waals surface area contributed by atoms with Crippen molar-refractivity contribution in [2.24, 2.45) is 11.7 Å². The predicted molar refractivity (Wildman–Crippen MR) is 188 cm³/mol. The molecular weight excluding hydrogens is 634 g/mol. The molecule has 1 saturated heterocycles. The summed E-state index contributed by atoms with van der Waals surface area (Å²) in [5.41, 5.74) is 9.24. The van der Waals surface area contributed by atoms with E-state index in [0.717, 1.165) is 19.3 Å². The second-order valence-corrected chi connectivity index (χ2v) is 12.8. The van der Waals surface area contributed by atoms with E-state index in [0.29, 0.717) is 31.4 Å². The van der Waals surface area contributed by atoms with E-state index in [1.54, 1.807) is 32.1 Å². The van der Waals surface area contributed by atoms with Crippen molar-refractivity contribution < 1.29 is 54.0 Å². The van der Waals surface area contributed by atoms with Crippen LogP contribution < -0.4 is 5.73 Å². The van der Waals surface area contributed by atoms with Crippen LogP contribution in [0.2, 0.25) is 0 Å². The number of hydrogen-bond donors (Lipinski definition) is 6. The Morgan fingerprint density at radius 2 is 1.61 bits per heavy atom. The molecular formula is C37H65NO11. The summed E-state index contributed by atoms with van der Waals surface area (Å²) in [7, 11) is 1.40. The molecule has 1 fully saturated rings. The monoisotopic (exact) mass is 699 g/mol. The zero-order chi connectivity index (χ0) is 37.1. The van der Waals surface area contributed by atoms with E-state index in [2.05, 4.69) is 5.73 Å². The largest absolute Gasteiger partial charge is 0.475 e. The van der Waals surface area contributed by atoms with Gasteiger partial charge in [0.25, 0.3) is 0 Å². The Morgan fingerprint density at radius 3 is 2.20 bits per heavy atom. The van der Waals surface area contributed by atoms with E-state index in [-0.39, 0.29) is 12.2 Å². The molecule has 49 heavy (non-hydrogen) atoms. The van der Waals surface area contributed by atoms with Crippen LogP contribution in [0.5, 0.6) is 0 Å². The Labute approximate surface area is 293 Å². The van der Waals surface area contributed by atoms with Gasteiger partial charge in [0.15, 0.2) is 24.5 Å². The van der Waals surface area contributed by atoms with Gasteiger partial charge in [0.1, 0.15) is 6.10 Å². The van der Waals surface area contributed by atoms with Gasteiger partial charge in [-0.1, -0.05) is 66.0 Å². The highest BCUT2D eigenvalue weighted by atomic mass is 16.7. The molecule has 0 amide bonds. The quantitative estimate of drug-likeness (QED) is 0.0364. The van der Waals surface area contributed by atoms with Crippen molar-refractivity contribution in [2.45, 2.75) is 168 Å². The van der Waals surface area contributed by atoms with Crippen molar-refractivity contribution in [3.63, 3.8) is 0 Å². The van der Waals surface area contributed by atoms with Crippen LogP contribution in [-0.2, 0) is 28.4 Å². The van der Waals surface area contributed by atoms with Gasteiger partial charge >= 0.3 is 5.95 Å². The highest BCUT2D eigenvalue weighted by Gasteiger charge is 2.44. The van der Waals surface area contributed by atoms with E-state index in [4.69, 9.17) is 34.2 Å². The number of methoxy groups -OCH3 is 1. The Balaban J connectivity index is 2.94. The number of nitrogens with two attached hydrogens (primary N) is 1. The minimum Gasteiger partial charge on any atom is -0.475 e. The van der Waals surface area contributed by atoms with Crippen LogP contribution >= 0.6 is 0 Å². The van der Waals surface area contributed by atoms with Crippen LogP contribution in [0.15, 0.2) is 53.8 Å². The van der Waals surface area contributed by atoms with Crippen molar-refractivity contribution >= 4 is 0 Å². The fourth-order valence-electron chi connectivity index (χ4n) is 5.21. The molecule has 1 aliphatic rings. The van der Waals surface area contributed by atoms with Gasteiger partial charge in [-0.3, -0.25) is 0 Å². The first-order valence-corrected chi connectivity index (χ1v) is 17.7. The van der Waals surface area contributed by atoms with E-state index < -0.39 is 66.9 Å². The van der Waals surface area contributed by atoms with Crippen LogP contribution in [0.25, 0.3) is 0 Å². The van der Waals surface area contributed by atoms with Gasteiger partial charge in [0.2, 0.25) is 0 Å². The summed E-state index contributed by atoms with van der Waals surface area (Å²) in [4.78, 5) is 0. The molecule has 0 bridgehead atoms. The van der Waals surface area contributed by atoms with Gasteiger partial charge in [-0.05, 0) is 76.5 Å². The molecule has 7 N–H and O–H groups in total. The fourth-order valence-corrected chi connectivity index (χ4v) is 5.21. The Hall–Kier alpha value is -2.22. The maximum absolute atomic E-state index is 11.1. The molecule has 0 saturated carbocycles. The maximum Gasteiger partial charge on any atom is 0.325 e. The highest BCUT2D eigenvalue weighted by molar-refractivity contribution is 5.07. The number of hydrogen-bond acceptors (Lipinski definition) is 12. The number of rotatable bonds is 23. The second-order valence-electron chi connectivity index (χ2n) is 12.8. The molecule has 12 nitrogen and oxygen atoms in total. The van der Waals surface area contributed by atoms with Gasteiger partial charge in [0.05, 0.1) is 36.6 Å². The predicted octanol–water partition coefficient (Wildman–Crippen LogP) is 5.01. The lowest BCUT2D eigenvalue weighted by Gasteiger charge is -2.42. The lowest BCUT2D eigenvalue weighted by atomic mass is 9.92. The summed E-state index contributed by atoms with van der Waals surface area (Å²) >= 11 is 0. The topological polar surface area (TPSA) is 183 Å². The molecule has 284 valence electrons. The average Bonchev–Trinajstić information content (AvgIpc) is 3.04. The van der Waals surface area contributed by atoms with Gasteiger partial charge in [-0.25, -0.2) is 0 Å². The molecule has 12 heteroatoms. The normalized spacial score (nSPS) is 26.8. The average molecular weight is 700 g/mol. The number of aliphatic hydroxyl groups excluding tert-OH is 4. The van der Waals surface area contributed by atoms with Crippen LogP contribution in [0.1, 0.15) is 100 Å². The minimum atomic E-state index is -1.67. The van der Waals surface area contributed by atoms with Crippen LogP contribution in [0, 0.1) is 5.92 Å². The SMILES string of the molecule is CCCC(O)C=C(N)C(C)OC(C=CC(C)(O)OC(C=C=C(O)OC1C(C)OC(OC(C=CC(O)OC)CCC)C(C)C1O)CCC)CC. The van der Waals surface area contributed by atoms with Gasteiger partial charge in [0, 0.05) is 18.7 Å². The van der Waals surface area contributed by atoms with Crippen LogP contribution in [0.3, 0.4) is 0 Å². The Morgan fingerprint density at radius 1 is 0.980 bits per heavy atom. The molecule has 12 atom stereocenters. The van der Waals surface area contributed by atoms with E-state index in [1.165, 1.54) is 32.3 Å². The minimum absolute atomic E-state index is 0.367.